The summed E-state index contributed by atoms with van der Waals surface area (Å²) in [5.41, 5.74) is 0.491. The first-order chi connectivity index (χ1) is 11.8. The number of carbonyl (C=O) groups excluding carboxylic acids is 2. The molecular weight excluding hydrogens is 374 g/mol. The zero-order chi connectivity index (χ0) is 18.4. The van der Waals surface area contributed by atoms with Crippen LogP contribution < -0.4 is 43.5 Å². The smallest absolute Gasteiger partial charge is 0.736 e. The number of benzene rings is 2. The molecule has 0 bridgehead atoms. The SMILES string of the molecule is COC(=O)c1ccc(OP(=O)([O-])Oc2ccc(C(=O)OC)cc2)cc1.[Na+]. The number of carbonyl (C=O) groups is 2. The maximum absolute atomic E-state index is 11.9. The van der Waals surface area contributed by atoms with Crippen molar-refractivity contribution in [1.29, 1.82) is 0 Å². The molecule has 2 aromatic carbocycles. The molecule has 0 atom stereocenters. The molecule has 8 nitrogen and oxygen atoms in total. The third kappa shape index (κ3) is 6.16. The zero-order valence-electron chi connectivity index (χ0n) is 14.3. The molecule has 0 fully saturated rings. The summed E-state index contributed by atoms with van der Waals surface area (Å²) in [5.74, 6) is -1.17. The van der Waals surface area contributed by atoms with E-state index in [1.165, 1.54) is 62.8 Å². The molecule has 0 aliphatic heterocycles. The van der Waals surface area contributed by atoms with Gasteiger partial charge in [0.25, 0.3) is 0 Å². The maximum atomic E-state index is 11.9. The fourth-order valence-electron chi connectivity index (χ4n) is 1.82. The topological polar surface area (TPSA) is 111 Å². The van der Waals surface area contributed by atoms with Gasteiger partial charge in [0.05, 0.1) is 25.3 Å². The number of hydrogen-bond donors (Lipinski definition) is 0. The second-order valence-electron chi connectivity index (χ2n) is 4.66. The van der Waals surface area contributed by atoms with Crippen LogP contribution in [0.2, 0.25) is 0 Å². The number of esters is 2. The van der Waals surface area contributed by atoms with Gasteiger partial charge in [0.15, 0.2) is 0 Å². The normalized spacial score (nSPS) is 10.3. The van der Waals surface area contributed by atoms with Crippen LogP contribution in [0, 0.1) is 0 Å². The number of phosphoric ester groups is 1. The largest absolute Gasteiger partial charge is 1.00 e. The van der Waals surface area contributed by atoms with Crippen molar-refractivity contribution in [2.45, 2.75) is 0 Å². The molecule has 0 radical (unpaired) electrons. The molecule has 0 aromatic heterocycles. The minimum Gasteiger partial charge on any atom is -0.736 e. The van der Waals surface area contributed by atoms with E-state index >= 15 is 0 Å². The van der Waals surface area contributed by atoms with Gasteiger partial charge in [-0.15, -0.1) is 0 Å². The summed E-state index contributed by atoms with van der Waals surface area (Å²) >= 11 is 0. The van der Waals surface area contributed by atoms with Crippen LogP contribution in [0.25, 0.3) is 0 Å². The summed E-state index contributed by atoms with van der Waals surface area (Å²) in [6, 6.07) is 10.6. The van der Waals surface area contributed by atoms with Crippen molar-refractivity contribution in [3.05, 3.63) is 59.7 Å². The molecule has 0 N–H and O–H groups in total. The van der Waals surface area contributed by atoms with E-state index in [-0.39, 0.29) is 52.2 Å². The van der Waals surface area contributed by atoms with Gasteiger partial charge >= 0.3 is 49.3 Å². The Labute approximate surface area is 171 Å². The molecule has 10 heteroatoms. The van der Waals surface area contributed by atoms with Crippen LogP contribution in [-0.2, 0) is 14.0 Å². The van der Waals surface area contributed by atoms with Gasteiger partial charge in [0, 0.05) is 0 Å². The number of ether oxygens (including phenoxy) is 2. The summed E-state index contributed by atoms with van der Waals surface area (Å²) in [7, 11) is -2.24. The Balaban J connectivity index is 0.00000338. The summed E-state index contributed by atoms with van der Waals surface area (Å²) in [6.45, 7) is 0. The molecule has 132 valence electrons. The van der Waals surface area contributed by atoms with Crippen molar-refractivity contribution < 1.29 is 67.1 Å². The van der Waals surface area contributed by atoms with Gasteiger partial charge in [-0.3, -0.25) is 0 Å². The van der Waals surface area contributed by atoms with Gasteiger partial charge in [-0.25, -0.2) is 14.2 Å². The molecule has 0 aliphatic carbocycles. The van der Waals surface area contributed by atoms with E-state index in [1.54, 1.807) is 0 Å². The van der Waals surface area contributed by atoms with Crippen molar-refractivity contribution >= 4 is 19.8 Å². The Morgan fingerprint density at radius 1 is 0.769 bits per heavy atom. The summed E-state index contributed by atoms with van der Waals surface area (Å²) in [4.78, 5) is 34.5. The van der Waals surface area contributed by atoms with Gasteiger partial charge in [-0.05, 0) is 48.5 Å². The molecule has 0 saturated heterocycles. The van der Waals surface area contributed by atoms with Crippen LogP contribution in [0.5, 0.6) is 11.5 Å². The second-order valence-corrected chi connectivity index (χ2v) is 5.92. The summed E-state index contributed by atoms with van der Waals surface area (Å²) in [5, 5.41) is 0. The van der Waals surface area contributed by atoms with Crippen molar-refractivity contribution in [2.75, 3.05) is 14.2 Å². The molecule has 26 heavy (non-hydrogen) atoms. The Bertz CT molecular complexity index is 739. The molecule has 0 aliphatic rings. The van der Waals surface area contributed by atoms with Crippen LogP contribution in [-0.4, -0.2) is 26.2 Å². The van der Waals surface area contributed by atoms with Crippen LogP contribution in [0.1, 0.15) is 20.7 Å². The van der Waals surface area contributed by atoms with E-state index in [9.17, 15) is 19.0 Å². The van der Waals surface area contributed by atoms with E-state index < -0.39 is 19.8 Å². The van der Waals surface area contributed by atoms with E-state index in [0.29, 0.717) is 0 Å². The summed E-state index contributed by atoms with van der Waals surface area (Å²) in [6.07, 6.45) is 0. The van der Waals surface area contributed by atoms with Crippen molar-refractivity contribution in [3.63, 3.8) is 0 Å². The van der Waals surface area contributed by atoms with E-state index in [4.69, 9.17) is 9.05 Å². The Morgan fingerprint density at radius 2 is 1.08 bits per heavy atom. The first-order valence-corrected chi connectivity index (χ1v) is 8.37. The predicted octanol–water partition coefficient (Wildman–Crippen LogP) is -0.810. The van der Waals surface area contributed by atoms with E-state index in [1.807, 2.05) is 0 Å². The monoisotopic (exact) mass is 388 g/mol. The van der Waals surface area contributed by atoms with Gasteiger partial charge < -0.3 is 23.4 Å². The third-order valence-corrected chi connectivity index (χ3v) is 3.85. The molecule has 0 amide bonds. The first-order valence-electron chi connectivity index (χ1n) is 6.91. The Kier molecular flexibility index (Phi) is 8.33. The molecule has 0 unspecified atom stereocenters. The zero-order valence-corrected chi connectivity index (χ0v) is 17.2. The summed E-state index contributed by atoms with van der Waals surface area (Å²) < 4.78 is 30.6. The van der Waals surface area contributed by atoms with Crippen LogP contribution in [0.15, 0.2) is 48.5 Å². The second kappa shape index (κ2) is 9.75. The molecular formula is C16H14NaO8P. The van der Waals surface area contributed by atoms with Crippen LogP contribution >= 0.6 is 7.82 Å². The maximum Gasteiger partial charge on any atom is 1.00 e. The Hall–Kier alpha value is -1.83. The fraction of sp³-hybridized carbons (Fsp3) is 0.125. The number of rotatable bonds is 6. The fourth-order valence-corrected chi connectivity index (χ4v) is 2.61. The molecule has 0 spiro atoms. The number of phosphoric acid groups is 1. The van der Waals surface area contributed by atoms with E-state index in [2.05, 4.69) is 9.47 Å². The van der Waals surface area contributed by atoms with Crippen molar-refractivity contribution in [1.82, 2.24) is 0 Å². The number of hydrogen-bond acceptors (Lipinski definition) is 8. The minimum atomic E-state index is -4.71. The molecule has 0 saturated carbocycles. The van der Waals surface area contributed by atoms with Gasteiger partial charge in [0.1, 0.15) is 11.5 Å². The third-order valence-electron chi connectivity index (χ3n) is 2.99. The van der Waals surface area contributed by atoms with Crippen molar-refractivity contribution in [2.24, 2.45) is 0 Å². The number of methoxy groups -OCH3 is 2. The average molecular weight is 388 g/mol. The van der Waals surface area contributed by atoms with Gasteiger partial charge in [0.2, 0.25) is 0 Å². The predicted molar refractivity (Wildman–Crippen MR) is 84.4 cm³/mol. The van der Waals surface area contributed by atoms with Crippen LogP contribution in [0.3, 0.4) is 0 Å². The molecule has 2 rings (SSSR count). The molecule has 0 heterocycles. The average Bonchev–Trinajstić information content (AvgIpc) is 2.61. The van der Waals surface area contributed by atoms with Gasteiger partial charge in [-0.2, -0.15) is 0 Å². The molecule has 2 aromatic rings. The standard InChI is InChI=1S/C16H15O8P.Na/c1-21-15(17)11-3-7-13(8-4-11)23-25(19,20)24-14-9-5-12(6-10-14)16(18)22-2;/h3-10H,1-2H3,(H,19,20);/q;+1/p-1. The van der Waals surface area contributed by atoms with Crippen molar-refractivity contribution in [3.8, 4) is 11.5 Å². The van der Waals surface area contributed by atoms with E-state index in [0.717, 1.165) is 0 Å². The quantitative estimate of drug-likeness (QED) is 0.359. The first kappa shape index (κ1) is 22.2. The van der Waals surface area contributed by atoms with Gasteiger partial charge in [-0.1, -0.05) is 0 Å². The van der Waals surface area contributed by atoms with Crippen LogP contribution in [0.4, 0.5) is 0 Å². The minimum absolute atomic E-state index is 0. The Morgan fingerprint density at radius 3 is 1.35 bits per heavy atom.